The first kappa shape index (κ1) is 66.5. The van der Waals surface area contributed by atoms with Crippen molar-refractivity contribution in [2.75, 3.05) is 25.6 Å². The zero-order valence-corrected chi connectivity index (χ0v) is 56.1. The summed E-state index contributed by atoms with van der Waals surface area (Å²) in [5, 5.41) is 40.1. The number of nitrogens with one attached hydrogen (secondary N) is 4. The fourth-order valence-corrected chi connectivity index (χ4v) is 16.4. The van der Waals surface area contributed by atoms with Crippen LogP contribution in [0.1, 0.15) is 156 Å². The van der Waals surface area contributed by atoms with Crippen molar-refractivity contribution in [2.24, 2.45) is 11.8 Å². The number of anilines is 2. The van der Waals surface area contributed by atoms with Gasteiger partial charge >= 0.3 is 18.0 Å². The molecule has 25 nitrogen and oxygen atoms in total. The standard InChI is InChI=1S/C63H61N13O12S6/c1-29(2)37-20-44(77)50-31(4)93-59(74-50)40(21-47(78)64-5)68-53(80)42-26-89-55(70-42)36-17-19-38(57-72-46(28-92-57)76(34-14-18-39(62(84)85)65-22-34)63(86)88-35-15-12-33(13-16-35)61(82)83)67-51(36)41-25-90-58(69-41)43-27-91-60(71-43)49(30(3)32-10-8-7-9-11-32)73-48(79)23-66-54(81)52-45(24-87-6)94-56(37)75-52/h7-11,14,17-19,22,25-30,33,35,37,40,49H,12-13,15-16,20-21,23-24H2,1-6H3,(H,64,78)(H,66,81)(H,68,80)(H,73,79)(H,82,83)(H,84,85)/t30-,33?,35?,37?,40-,49-/m0/s1. The molecule has 0 radical (unpaired) electrons. The minimum Gasteiger partial charge on any atom is -0.481 e. The van der Waals surface area contributed by atoms with E-state index >= 15 is 0 Å². The Kier molecular flexibility index (Phi) is 20.6. The first-order valence-corrected chi connectivity index (χ1v) is 34.8. The molecule has 11 rings (SSSR count). The van der Waals surface area contributed by atoms with Gasteiger partial charge in [-0.25, -0.2) is 54.4 Å². The van der Waals surface area contributed by atoms with E-state index in [1.54, 1.807) is 35.2 Å². The number of ketones is 1. The summed E-state index contributed by atoms with van der Waals surface area (Å²) in [6.45, 7) is 7.24. The second-order valence-electron chi connectivity index (χ2n) is 22.5. The van der Waals surface area contributed by atoms with Gasteiger partial charge in [-0.3, -0.25) is 28.8 Å². The molecule has 1 unspecified atom stereocenters. The number of methoxy groups -OCH3 is 1. The van der Waals surface area contributed by atoms with E-state index in [0.717, 1.165) is 33.1 Å². The predicted molar refractivity (Wildman–Crippen MR) is 355 cm³/mol. The topological polar surface area (TPSA) is 350 Å². The summed E-state index contributed by atoms with van der Waals surface area (Å²) in [6, 6.07) is 14.1. The van der Waals surface area contributed by atoms with Gasteiger partial charge in [0, 0.05) is 64.4 Å². The second kappa shape index (κ2) is 29.1. The Labute approximate surface area is 561 Å². The van der Waals surface area contributed by atoms with E-state index < -0.39 is 78.2 Å². The van der Waals surface area contributed by atoms with Crippen molar-refractivity contribution in [2.45, 2.75) is 103 Å². The van der Waals surface area contributed by atoms with Crippen molar-refractivity contribution in [3.63, 3.8) is 0 Å². The van der Waals surface area contributed by atoms with Crippen molar-refractivity contribution in [3.8, 4) is 43.4 Å². The van der Waals surface area contributed by atoms with Crippen LogP contribution in [-0.4, -0.2) is 124 Å². The zero-order chi connectivity index (χ0) is 66.5. The number of Topliss-reactive ketones (excluding diaryl/α,β-unsaturated/α-hetero) is 1. The van der Waals surface area contributed by atoms with E-state index in [4.69, 9.17) is 44.4 Å². The SMILES string of the molecule is CNC(=O)C[C@@H]1NC(=O)c2csc(n2)-c2ccc(-c3nc(N(C(=O)OC4CCC(C(=O)O)CC4)c4ccc(C(=O)O)nc4)cs3)nc2-c2csc(n2)-c2csc(n2)[C@H]([C@@H](C)c2ccccc2)NC(=O)CNC(=O)c2nc(sc2COC)C(C(C)C)CC(=O)c2nc1sc2C. The number of carbonyl (C=O) groups excluding carboxylic acids is 6. The number of hydrogen-bond donors (Lipinski definition) is 6. The number of aromatic nitrogens is 8. The van der Waals surface area contributed by atoms with Crippen molar-refractivity contribution in [1.82, 2.24) is 61.1 Å². The zero-order valence-electron chi connectivity index (χ0n) is 51.2. The normalized spacial score (nSPS) is 18.3. The molecule has 486 valence electrons. The Hall–Kier alpha value is -8.98. The average molecular weight is 1380 g/mol. The number of thiazole rings is 6. The molecular formula is C63H61N13O12S6. The third-order valence-corrected chi connectivity index (χ3v) is 21.7. The maximum absolute atomic E-state index is 14.5. The molecular weight excluding hydrogens is 1320 g/mol. The number of carboxylic acids is 2. The van der Waals surface area contributed by atoms with Gasteiger partial charge in [0.15, 0.2) is 11.6 Å². The molecule has 1 fully saturated rings. The number of carboxylic acid groups (broad SMARTS) is 2. The maximum Gasteiger partial charge on any atom is 0.420 e. The third kappa shape index (κ3) is 14.8. The number of amides is 5. The Morgan fingerprint density at radius 1 is 0.713 bits per heavy atom. The molecule has 1 aliphatic carbocycles. The molecule has 8 aromatic heterocycles. The van der Waals surface area contributed by atoms with Crippen LogP contribution in [0.4, 0.5) is 16.3 Å². The van der Waals surface area contributed by atoms with Crippen LogP contribution in [-0.2, 0) is 30.5 Å². The average Bonchev–Trinajstić information content (AvgIpc) is 1.73. The van der Waals surface area contributed by atoms with Crippen LogP contribution in [0.15, 0.2) is 82.3 Å². The van der Waals surface area contributed by atoms with E-state index in [1.807, 2.05) is 56.5 Å². The summed E-state index contributed by atoms with van der Waals surface area (Å²) in [5.74, 6) is -6.03. The van der Waals surface area contributed by atoms with Crippen LogP contribution < -0.4 is 26.2 Å². The van der Waals surface area contributed by atoms with Crippen LogP contribution in [0.3, 0.4) is 0 Å². The molecule has 1 aliphatic heterocycles. The maximum atomic E-state index is 14.5. The van der Waals surface area contributed by atoms with Crippen molar-refractivity contribution < 1.29 is 58.0 Å². The predicted octanol–water partition coefficient (Wildman–Crippen LogP) is 11.3. The lowest BCUT2D eigenvalue weighted by molar-refractivity contribution is -0.143. The number of aryl methyl sites for hydroxylation is 1. The van der Waals surface area contributed by atoms with E-state index in [2.05, 4.69) is 26.3 Å². The summed E-state index contributed by atoms with van der Waals surface area (Å²) < 4.78 is 11.5. The number of aromatic carboxylic acids is 1. The van der Waals surface area contributed by atoms with E-state index in [1.165, 1.54) is 77.8 Å². The monoisotopic (exact) mass is 1380 g/mol. The van der Waals surface area contributed by atoms with Gasteiger partial charge in [-0.1, -0.05) is 51.1 Å². The van der Waals surface area contributed by atoms with Crippen LogP contribution in [0.25, 0.3) is 43.4 Å². The lowest BCUT2D eigenvalue weighted by atomic mass is 9.87. The highest BCUT2D eigenvalue weighted by Gasteiger charge is 2.35. The fraction of sp³-hybridized carbons (Fsp3) is 0.333. The van der Waals surface area contributed by atoms with E-state index in [-0.39, 0.29) is 71.3 Å². The number of benzene rings is 1. The quantitative estimate of drug-likeness (QED) is 0.0624. The minimum absolute atomic E-state index is 0.00674. The first-order chi connectivity index (χ1) is 45.2. The fourth-order valence-electron chi connectivity index (χ4n) is 10.8. The number of nitrogens with zero attached hydrogens (tertiary/aromatic N) is 9. The van der Waals surface area contributed by atoms with Gasteiger partial charge in [-0.15, -0.1) is 68.0 Å². The highest BCUT2D eigenvalue weighted by molar-refractivity contribution is 7.15. The van der Waals surface area contributed by atoms with Crippen molar-refractivity contribution in [1.29, 1.82) is 0 Å². The van der Waals surface area contributed by atoms with E-state index in [9.17, 15) is 48.6 Å². The second-order valence-corrected chi connectivity index (χ2v) is 28.3. The largest absolute Gasteiger partial charge is 0.481 e. The first-order valence-electron chi connectivity index (χ1n) is 29.6. The van der Waals surface area contributed by atoms with E-state index in [0.29, 0.717) is 93.8 Å². The number of pyridine rings is 2. The highest BCUT2D eigenvalue weighted by atomic mass is 32.1. The molecule has 94 heavy (non-hydrogen) atoms. The molecule has 31 heteroatoms. The molecule has 10 bridgehead atoms. The van der Waals surface area contributed by atoms with Crippen LogP contribution in [0, 0.1) is 18.8 Å². The van der Waals surface area contributed by atoms with Gasteiger partial charge in [0.1, 0.15) is 71.0 Å². The Morgan fingerprint density at radius 3 is 2.14 bits per heavy atom. The lowest BCUT2D eigenvalue weighted by Gasteiger charge is -2.28. The Balaban J connectivity index is 0.987. The smallest absolute Gasteiger partial charge is 0.420 e. The van der Waals surface area contributed by atoms with Gasteiger partial charge < -0.3 is 41.0 Å². The molecule has 0 spiro atoms. The Morgan fingerprint density at radius 2 is 1.43 bits per heavy atom. The molecule has 4 atom stereocenters. The van der Waals surface area contributed by atoms with Crippen molar-refractivity contribution in [3.05, 3.63) is 135 Å². The van der Waals surface area contributed by atoms with Gasteiger partial charge in [0.05, 0.1) is 65.0 Å². The van der Waals surface area contributed by atoms with Gasteiger partial charge in [-0.2, -0.15) is 0 Å². The summed E-state index contributed by atoms with van der Waals surface area (Å²) in [4.78, 5) is 149. The molecule has 5 amide bonds. The molecule has 9 aromatic rings. The molecule has 1 aromatic carbocycles. The Bertz CT molecular complexity index is 4320. The number of hydrogen-bond acceptors (Lipinski definition) is 24. The molecule has 0 saturated heterocycles. The highest BCUT2D eigenvalue weighted by Crippen LogP contribution is 2.42. The number of ether oxygens (including phenoxy) is 2. The van der Waals surface area contributed by atoms with Crippen molar-refractivity contribution >= 4 is 127 Å². The van der Waals surface area contributed by atoms with Gasteiger partial charge in [0.25, 0.3) is 11.8 Å². The number of aliphatic carboxylic acids is 1. The molecule has 9 heterocycles. The molecule has 6 N–H and O–H groups in total. The van der Waals surface area contributed by atoms with Crippen LogP contribution >= 0.6 is 68.0 Å². The van der Waals surface area contributed by atoms with Crippen LogP contribution in [0.2, 0.25) is 0 Å². The summed E-state index contributed by atoms with van der Waals surface area (Å²) in [5.41, 5.74) is 3.04. The van der Waals surface area contributed by atoms with Gasteiger partial charge in [-0.05, 0) is 68.4 Å². The number of carbonyl (C=O) groups is 8. The molecule has 2 aliphatic rings. The lowest BCUT2D eigenvalue weighted by Crippen LogP contribution is -2.40. The van der Waals surface area contributed by atoms with Crippen LogP contribution in [0.5, 0.6) is 0 Å². The minimum atomic E-state index is -1.28. The summed E-state index contributed by atoms with van der Waals surface area (Å²) in [6.07, 6.45) is 0.768. The van der Waals surface area contributed by atoms with Gasteiger partial charge in [0.2, 0.25) is 11.8 Å². The summed E-state index contributed by atoms with van der Waals surface area (Å²) in [7, 11) is 2.97. The third-order valence-electron chi connectivity index (χ3n) is 15.9. The summed E-state index contributed by atoms with van der Waals surface area (Å²) >= 11 is 7.33. The number of rotatable bonds is 13. The molecule has 1 saturated carbocycles. The number of fused-ring (bicyclic) bond motifs is 14.